The highest BCUT2D eigenvalue weighted by Gasteiger charge is 2.64. The maximum atomic E-state index is 13.5. The molecule has 2 aromatic carbocycles. The quantitative estimate of drug-likeness (QED) is 0.206. The van der Waals surface area contributed by atoms with Crippen molar-refractivity contribution in [3.63, 3.8) is 0 Å². The summed E-state index contributed by atoms with van der Waals surface area (Å²) in [4.78, 5) is 39.5. The molecular formula is C36H42N2O9. The molecule has 250 valence electrons. The average Bonchev–Trinajstić information content (AvgIpc) is 4.01. The van der Waals surface area contributed by atoms with E-state index in [0.717, 1.165) is 36.8 Å². The molecule has 0 aromatic heterocycles. The summed E-state index contributed by atoms with van der Waals surface area (Å²) in [5.74, 6) is -1.80. The van der Waals surface area contributed by atoms with Gasteiger partial charge in [-0.1, -0.05) is 42.5 Å². The first-order valence-corrected chi connectivity index (χ1v) is 16.4. The second-order valence-corrected chi connectivity index (χ2v) is 12.8. The topological polar surface area (TPSA) is 164 Å². The molecule has 4 aliphatic rings. The minimum Gasteiger partial charge on any atom is -0.508 e. The molecule has 2 aromatic rings. The maximum absolute atomic E-state index is 13.5. The van der Waals surface area contributed by atoms with Crippen molar-refractivity contribution in [3.8, 4) is 5.75 Å². The van der Waals surface area contributed by atoms with Gasteiger partial charge in [0.15, 0.2) is 5.79 Å². The molecule has 1 saturated heterocycles. The van der Waals surface area contributed by atoms with Gasteiger partial charge in [-0.25, -0.2) is 4.79 Å². The summed E-state index contributed by atoms with van der Waals surface area (Å²) in [6.45, 7) is 1.09. The number of ether oxygens (including phenoxy) is 3. The van der Waals surface area contributed by atoms with E-state index < -0.39 is 54.0 Å². The molecule has 0 unspecified atom stereocenters. The lowest BCUT2D eigenvalue weighted by atomic mass is 9.91. The van der Waals surface area contributed by atoms with Crippen LogP contribution in [0.4, 0.5) is 0 Å². The SMILES string of the molecule is C[C@H](O)[C@@H](NC(=O)C1=C[C@H]2OC(C3CC3)(C3CC3)O[C@H]2[C@H](OC(=O)c2ccc(C=CCc3ccccc3O)cc2)C1)C(=O)NCCO. The summed E-state index contributed by atoms with van der Waals surface area (Å²) in [5.41, 5.74) is 2.29. The van der Waals surface area contributed by atoms with Crippen molar-refractivity contribution >= 4 is 23.9 Å². The third-order valence-corrected chi connectivity index (χ3v) is 9.21. The number of carbonyl (C=O) groups excluding carboxylic acids is 3. The molecule has 5 atom stereocenters. The van der Waals surface area contributed by atoms with E-state index >= 15 is 0 Å². The highest BCUT2D eigenvalue weighted by Crippen LogP contribution is 2.59. The van der Waals surface area contributed by atoms with Crippen LogP contribution in [0.5, 0.6) is 5.75 Å². The Bertz CT molecular complexity index is 1520. The molecule has 1 aliphatic heterocycles. The second kappa shape index (κ2) is 14.0. The van der Waals surface area contributed by atoms with Gasteiger partial charge in [-0.3, -0.25) is 9.59 Å². The molecule has 3 fully saturated rings. The van der Waals surface area contributed by atoms with Crippen LogP contribution in [0.2, 0.25) is 0 Å². The van der Waals surface area contributed by atoms with E-state index in [9.17, 15) is 24.6 Å². The monoisotopic (exact) mass is 646 g/mol. The third-order valence-electron chi connectivity index (χ3n) is 9.21. The van der Waals surface area contributed by atoms with Crippen LogP contribution in [0, 0.1) is 11.8 Å². The van der Waals surface area contributed by atoms with E-state index in [2.05, 4.69) is 10.6 Å². The number of hydrogen-bond acceptors (Lipinski definition) is 9. The van der Waals surface area contributed by atoms with Crippen molar-refractivity contribution in [2.75, 3.05) is 13.2 Å². The smallest absolute Gasteiger partial charge is 0.338 e. The van der Waals surface area contributed by atoms with Crippen LogP contribution in [0.1, 0.15) is 60.5 Å². The number of phenols is 1. The summed E-state index contributed by atoms with van der Waals surface area (Å²) in [6.07, 6.45) is 6.82. The summed E-state index contributed by atoms with van der Waals surface area (Å²) in [7, 11) is 0. The Morgan fingerprint density at radius 1 is 1.04 bits per heavy atom. The molecule has 0 spiro atoms. The normalized spacial score (nSPS) is 24.6. The van der Waals surface area contributed by atoms with Crippen molar-refractivity contribution < 1.29 is 43.9 Å². The lowest BCUT2D eigenvalue weighted by molar-refractivity contribution is -0.209. The van der Waals surface area contributed by atoms with Gasteiger partial charge >= 0.3 is 5.97 Å². The molecule has 0 bridgehead atoms. The second-order valence-electron chi connectivity index (χ2n) is 12.8. The van der Waals surface area contributed by atoms with E-state index in [-0.39, 0.29) is 42.7 Å². The van der Waals surface area contributed by atoms with E-state index in [4.69, 9.17) is 19.3 Å². The van der Waals surface area contributed by atoms with Gasteiger partial charge in [0.1, 0.15) is 30.1 Å². The molecule has 11 nitrogen and oxygen atoms in total. The zero-order chi connectivity index (χ0) is 33.1. The maximum Gasteiger partial charge on any atom is 0.338 e. The lowest BCUT2D eigenvalue weighted by Crippen LogP contribution is -2.54. The number of esters is 1. The van der Waals surface area contributed by atoms with Crippen molar-refractivity contribution in [1.29, 1.82) is 0 Å². The Hall–Kier alpha value is -4.03. The fourth-order valence-corrected chi connectivity index (χ4v) is 6.44. The molecule has 2 saturated carbocycles. The Morgan fingerprint density at radius 3 is 2.38 bits per heavy atom. The predicted octanol–water partition coefficient (Wildman–Crippen LogP) is 2.78. The van der Waals surface area contributed by atoms with Crippen LogP contribution in [-0.2, 0) is 30.2 Å². The van der Waals surface area contributed by atoms with E-state index in [0.29, 0.717) is 12.0 Å². The zero-order valence-corrected chi connectivity index (χ0v) is 26.3. The van der Waals surface area contributed by atoms with Crippen LogP contribution in [0.3, 0.4) is 0 Å². The summed E-state index contributed by atoms with van der Waals surface area (Å²) in [6, 6.07) is 12.9. The predicted molar refractivity (Wildman–Crippen MR) is 171 cm³/mol. The van der Waals surface area contributed by atoms with Crippen LogP contribution in [-0.4, -0.2) is 82.5 Å². The molecule has 2 amide bonds. The van der Waals surface area contributed by atoms with Crippen LogP contribution in [0.25, 0.3) is 6.08 Å². The fourth-order valence-electron chi connectivity index (χ4n) is 6.44. The number of phenolic OH excluding ortho intramolecular Hbond substituents is 1. The van der Waals surface area contributed by atoms with Crippen molar-refractivity contribution in [1.82, 2.24) is 10.6 Å². The number of carbonyl (C=O) groups is 3. The first-order chi connectivity index (χ1) is 22.7. The van der Waals surface area contributed by atoms with Gasteiger partial charge in [0.25, 0.3) is 0 Å². The molecule has 1 heterocycles. The summed E-state index contributed by atoms with van der Waals surface area (Å²) < 4.78 is 19.3. The number of amides is 2. The number of aliphatic hydroxyl groups excluding tert-OH is 2. The van der Waals surface area contributed by atoms with E-state index in [1.807, 2.05) is 24.3 Å². The largest absolute Gasteiger partial charge is 0.508 e. The Labute approximate surface area is 273 Å². The summed E-state index contributed by atoms with van der Waals surface area (Å²) >= 11 is 0. The standard InChI is InChI=1S/C36H42N2O9/c1-21(40)31(34(43)37-17-18-39)38-33(42)25-19-29(32-30(20-25)46-36(47-32,26-13-14-26)27-15-16-27)45-35(44)24-11-9-22(10-12-24)5-4-7-23-6-2-3-8-28(23)41/h2-6,8-12,20-21,26-27,29-32,39-41H,7,13-19H2,1H3,(H,37,43)(H,38,42)/t21-,29+,30+,31+,32-/m0/s1. The highest BCUT2D eigenvalue weighted by atomic mass is 16.8. The molecule has 11 heteroatoms. The molecule has 3 aliphatic carbocycles. The molecular weight excluding hydrogens is 604 g/mol. The summed E-state index contributed by atoms with van der Waals surface area (Å²) in [5, 5.41) is 34.3. The third kappa shape index (κ3) is 7.43. The van der Waals surface area contributed by atoms with Crippen molar-refractivity contribution in [3.05, 3.63) is 82.9 Å². The number of benzene rings is 2. The van der Waals surface area contributed by atoms with Gasteiger partial charge in [0, 0.05) is 30.4 Å². The first-order valence-electron chi connectivity index (χ1n) is 16.4. The number of aliphatic hydroxyl groups is 2. The van der Waals surface area contributed by atoms with E-state index in [1.54, 1.807) is 42.5 Å². The number of para-hydroxylation sites is 1. The Balaban J connectivity index is 1.16. The number of aromatic hydroxyl groups is 1. The number of hydrogen-bond donors (Lipinski definition) is 5. The van der Waals surface area contributed by atoms with E-state index in [1.165, 1.54) is 6.92 Å². The van der Waals surface area contributed by atoms with Gasteiger partial charge in [0.2, 0.25) is 11.8 Å². The average molecular weight is 647 g/mol. The number of rotatable bonds is 13. The zero-order valence-electron chi connectivity index (χ0n) is 26.3. The van der Waals surface area contributed by atoms with Gasteiger partial charge in [-0.05, 0) is 74.4 Å². The van der Waals surface area contributed by atoms with Crippen LogP contribution in [0.15, 0.2) is 66.3 Å². The fraction of sp³-hybridized carbons (Fsp3) is 0.472. The first kappa shape index (κ1) is 32.9. The molecule has 0 radical (unpaired) electrons. The van der Waals surface area contributed by atoms with Gasteiger partial charge in [0.05, 0.1) is 18.3 Å². The Morgan fingerprint density at radius 2 is 1.74 bits per heavy atom. The van der Waals surface area contributed by atoms with Crippen molar-refractivity contribution in [2.24, 2.45) is 11.8 Å². The minimum atomic E-state index is -1.25. The molecule has 5 N–H and O–H groups in total. The molecule has 6 rings (SSSR count). The minimum absolute atomic E-state index is 0.0203. The lowest BCUT2D eigenvalue weighted by Gasteiger charge is -2.31. The number of nitrogens with one attached hydrogen (secondary N) is 2. The highest BCUT2D eigenvalue weighted by molar-refractivity contribution is 5.97. The molecule has 47 heavy (non-hydrogen) atoms. The van der Waals surface area contributed by atoms with Gasteiger partial charge < -0.3 is 40.2 Å². The number of allylic oxidation sites excluding steroid dienone is 1. The Kier molecular flexibility index (Phi) is 9.79. The van der Waals surface area contributed by atoms with Crippen LogP contribution >= 0.6 is 0 Å². The van der Waals surface area contributed by atoms with Gasteiger partial charge in [-0.15, -0.1) is 0 Å². The number of fused-ring (bicyclic) bond motifs is 1. The van der Waals surface area contributed by atoms with Crippen molar-refractivity contribution in [2.45, 2.75) is 81.7 Å². The van der Waals surface area contributed by atoms with Crippen LogP contribution < -0.4 is 10.6 Å². The van der Waals surface area contributed by atoms with Gasteiger partial charge in [-0.2, -0.15) is 0 Å².